The molecule has 0 saturated heterocycles. The minimum absolute atomic E-state index is 0.1000. The fraction of sp³-hybridized carbons (Fsp3) is 0.533. The molecule has 2 nitrogen and oxygen atoms in total. The van der Waals surface area contributed by atoms with Gasteiger partial charge in [0.2, 0.25) is 5.91 Å². The van der Waals surface area contributed by atoms with Crippen LogP contribution in [0.5, 0.6) is 0 Å². The summed E-state index contributed by atoms with van der Waals surface area (Å²) in [5.74, 6) is -0.166. The van der Waals surface area contributed by atoms with Crippen LogP contribution in [0.3, 0.4) is 0 Å². The van der Waals surface area contributed by atoms with Crippen LogP contribution in [0.4, 0.5) is 4.39 Å². The number of likely N-dealkylation sites (N-methyl/N-ethyl adjacent to an activating group) is 1. The lowest BCUT2D eigenvalue weighted by Crippen LogP contribution is -2.44. The molecule has 0 bridgehead atoms. The molecule has 1 aromatic carbocycles. The summed E-state index contributed by atoms with van der Waals surface area (Å²) in [7, 11) is 1.87. The van der Waals surface area contributed by atoms with Gasteiger partial charge in [-0.25, -0.2) is 4.39 Å². The third kappa shape index (κ3) is 3.78. The summed E-state index contributed by atoms with van der Waals surface area (Å²) in [5, 5.41) is 0. The van der Waals surface area contributed by atoms with E-state index in [9.17, 15) is 9.18 Å². The van der Waals surface area contributed by atoms with Crippen molar-refractivity contribution in [3.05, 3.63) is 35.6 Å². The predicted octanol–water partition coefficient (Wildman–Crippen LogP) is 3.53. The van der Waals surface area contributed by atoms with E-state index in [1.54, 1.807) is 12.1 Å². The lowest BCUT2D eigenvalue weighted by Gasteiger charge is -2.35. The first-order valence-electron chi connectivity index (χ1n) is 6.72. The van der Waals surface area contributed by atoms with Gasteiger partial charge in [-0.15, -0.1) is 0 Å². The highest BCUT2D eigenvalue weighted by molar-refractivity contribution is 9.09. The molecule has 1 aromatic rings. The average molecular weight is 328 g/mol. The van der Waals surface area contributed by atoms with Gasteiger partial charge < -0.3 is 4.90 Å². The quantitative estimate of drug-likeness (QED) is 0.778. The zero-order chi connectivity index (χ0) is 13.8. The SMILES string of the molecule is CN(C(=O)Cc1ccc(F)cc1)C1CCCCC1Br. The molecule has 0 aromatic heterocycles. The van der Waals surface area contributed by atoms with Crippen LogP contribution in [-0.4, -0.2) is 28.7 Å². The van der Waals surface area contributed by atoms with E-state index in [0.29, 0.717) is 11.2 Å². The second-order valence-electron chi connectivity index (χ2n) is 5.18. The Balaban J connectivity index is 1.96. The molecule has 19 heavy (non-hydrogen) atoms. The lowest BCUT2D eigenvalue weighted by atomic mass is 9.94. The van der Waals surface area contributed by atoms with Crippen molar-refractivity contribution < 1.29 is 9.18 Å². The number of hydrogen-bond acceptors (Lipinski definition) is 1. The highest BCUT2D eigenvalue weighted by atomic mass is 79.9. The molecule has 4 heteroatoms. The van der Waals surface area contributed by atoms with Gasteiger partial charge in [-0.3, -0.25) is 4.79 Å². The van der Waals surface area contributed by atoms with Crippen LogP contribution in [0.15, 0.2) is 24.3 Å². The van der Waals surface area contributed by atoms with Crippen molar-refractivity contribution in [2.45, 2.75) is 43.0 Å². The van der Waals surface area contributed by atoms with E-state index in [1.807, 2.05) is 11.9 Å². The van der Waals surface area contributed by atoms with E-state index < -0.39 is 0 Å². The van der Waals surface area contributed by atoms with Crippen LogP contribution in [0, 0.1) is 5.82 Å². The van der Waals surface area contributed by atoms with Gasteiger partial charge in [0.1, 0.15) is 5.82 Å². The molecule has 1 amide bonds. The van der Waals surface area contributed by atoms with Gasteiger partial charge in [0.25, 0.3) is 0 Å². The molecule has 1 fully saturated rings. The summed E-state index contributed by atoms with van der Waals surface area (Å²) in [4.78, 5) is 14.5. The van der Waals surface area contributed by atoms with Crippen molar-refractivity contribution in [3.8, 4) is 0 Å². The topological polar surface area (TPSA) is 20.3 Å². The van der Waals surface area contributed by atoms with Crippen LogP contribution in [0.1, 0.15) is 31.2 Å². The molecule has 0 radical (unpaired) electrons. The number of carbonyl (C=O) groups excluding carboxylic acids is 1. The van der Waals surface area contributed by atoms with Crippen molar-refractivity contribution in [2.24, 2.45) is 0 Å². The van der Waals surface area contributed by atoms with Gasteiger partial charge in [0.15, 0.2) is 0 Å². The number of rotatable bonds is 3. The molecule has 2 rings (SSSR count). The van der Waals surface area contributed by atoms with Gasteiger partial charge in [-0.05, 0) is 30.5 Å². The molecule has 1 aliphatic carbocycles. The van der Waals surface area contributed by atoms with Crippen LogP contribution in [-0.2, 0) is 11.2 Å². The Labute approximate surface area is 122 Å². The normalized spacial score (nSPS) is 23.1. The Bertz CT molecular complexity index is 434. The number of halogens is 2. The fourth-order valence-electron chi connectivity index (χ4n) is 2.59. The largest absolute Gasteiger partial charge is 0.341 e. The highest BCUT2D eigenvalue weighted by Gasteiger charge is 2.28. The van der Waals surface area contributed by atoms with Gasteiger partial charge >= 0.3 is 0 Å². The van der Waals surface area contributed by atoms with E-state index in [2.05, 4.69) is 15.9 Å². The molecule has 0 spiro atoms. The van der Waals surface area contributed by atoms with Gasteiger partial charge in [-0.2, -0.15) is 0 Å². The summed E-state index contributed by atoms with van der Waals surface area (Å²) in [5.41, 5.74) is 0.861. The molecule has 1 aliphatic rings. The van der Waals surface area contributed by atoms with Crippen LogP contribution in [0.25, 0.3) is 0 Å². The van der Waals surface area contributed by atoms with Gasteiger partial charge in [0.05, 0.1) is 6.42 Å². The second-order valence-corrected chi connectivity index (χ2v) is 6.35. The Kier molecular flexibility index (Phi) is 4.97. The molecular weight excluding hydrogens is 309 g/mol. The predicted molar refractivity (Wildman–Crippen MR) is 77.8 cm³/mol. The Morgan fingerprint density at radius 2 is 1.95 bits per heavy atom. The standard InChI is InChI=1S/C15H19BrFNO/c1-18(14-5-3-2-4-13(14)16)15(19)10-11-6-8-12(17)9-7-11/h6-9,13-14H,2-5,10H2,1H3. The number of benzene rings is 1. The van der Waals surface area contributed by atoms with Crippen molar-refractivity contribution in [2.75, 3.05) is 7.05 Å². The van der Waals surface area contributed by atoms with E-state index in [1.165, 1.54) is 25.0 Å². The summed E-state index contributed by atoms with van der Waals surface area (Å²) < 4.78 is 12.8. The smallest absolute Gasteiger partial charge is 0.227 e. The third-order valence-electron chi connectivity index (χ3n) is 3.81. The number of carbonyl (C=O) groups is 1. The molecule has 2 unspecified atom stereocenters. The first kappa shape index (κ1) is 14.5. The van der Waals surface area contributed by atoms with E-state index >= 15 is 0 Å². The maximum absolute atomic E-state index is 12.8. The number of alkyl halides is 1. The molecule has 0 N–H and O–H groups in total. The molecule has 1 saturated carbocycles. The van der Waals surface area contributed by atoms with Gasteiger partial charge in [0, 0.05) is 17.9 Å². The first-order valence-corrected chi connectivity index (χ1v) is 7.63. The van der Waals surface area contributed by atoms with E-state index in [4.69, 9.17) is 0 Å². The summed E-state index contributed by atoms with van der Waals surface area (Å²) in [6.45, 7) is 0. The summed E-state index contributed by atoms with van der Waals surface area (Å²) >= 11 is 3.68. The van der Waals surface area contributed by atoms with Crippen LogP contribution in [0.2, 0.25) is 0 Å². The number of hydrogen-bond donors (Lipinski definition) is 0. The van der Waals surface area contributed by atoms with E-state index in [-0.39, 0.29) is 17.8 Å². The minimum Gasteiger partial charge on any atom is -0.341 e. The highest BCUT2D eigenvalue weighted by Crippen LogP contribution is 2.28. The Hall–Kier alpha value is -0.900. The summed E-state index contributed by atoms with van der Waals surface area (Å²) in [6, 6.07) is 6.43. The molecule has 0 aliphatic heterocycles. The average Bonchev–Trinajstić information content (AvgIpc) is 2.41. The Morgan fingerprint density at radius 1 is 1.32 bits per heavy atom. The van der Waals surface area contributed by atoms with Crippen molar-refractivity contribution in [1.82, 2.24) is 4.90 Å². The lowest BCUT2D eigenvalue weighted by molar-refractivity contribution is -0.131. The monoisotopic (exact) mass is 327 g/mol. The maximum atomic E-state index is 12.8. The fourth-order valence-corrected chi connectivity index (χ4v) is 3.53. The first-order chi connectivity index (χ1) is 9.08. The summed E-state index contributed by atoms with van der Waals surface area (Å²) in [6.07, 6.45) is 4.93. The van der Waals surface area contributed by atoms with Crippen molar-refractivity contribution in [3.63, 3.8) is 0 Å². The maximum Gasteiger partial charge on any atom is 0.227 e. The molecular formula is C15H19BrFNO. The third-order valence-corrected chi connectivity index (χ3v) is 4.87. The second kappa shape index (κ2) is 6.51. The molecule has 104 valence electrons. The zero-order valence-corrected chi connectivity index (χ0v) is 12.7. The molecule has 2 atom stereocenters. The Morgan fingerprint density at radius 3 is 2.58 bits per heavy atom. The van der Waals surface area contributed by atoms with E-state index in [0.717, 1.165) is 18.4 Å². The zero-order valence-electron chi connectivity index (χ0n) is 11.1. The van der Waals surface area contributed by atoms with Crippen molar-refractivity contribution in [1.29, 1.82) is 0 Å². The van der Waals surface area contributed by atoms with Crippen LogP contribution >= 0.6 is 15.9 Å². The minimum atomic E-state index is -0.266. The van der Waals surface area contributed by atoms with Crippen molar-refractivity contribution >= 4 is 21.8 Å². The van der Waals surface area contributed by atoms with Gasteiger partial charge in [-0.1, -0.05) is 40.9 Å². The molecule has 0 heterocycles. The number of amides is 1. The number of nitrogens with zero attached hydrogens (tertiary/aromatic N) is 1. The van der Waals surface area contributed by atoms with Crippen LogP contribution < -0.4 is 0 Å².